The maximum absolute atomic E-state index is 15.1. The number of amides is 1. The van der Waals surface area contributed by atoms with E-state index in [0.717, 1.165) is 32.5 Å². The predicted molar refractivity (Wildman–Crippen MR) is 121 cm³/mol. The molecule has 1 heterocycles. The zero-order chi connectivity index (χ0) is 21.1. The molecular weight excluding hydrogens is 410 g/mol. The topological polar surface area (TPSA) is 32.3 Å². The van der Waals surface area contributed by atoms with E-state index in [-0.39, 0.29) is 12.5 Å². The highest BCUT2D eigenvalue weighted by Gasteiger charge is 2.34. The maximum atomic E-state index is 15.1. The highest BCUT2D eigenvalue weighted by molar-refractivity contribution is 6.35. The molecule has 1 N–H and O–H groups in total. The standard InChI is InChI=1S/C23H33Cl2FN2O/c1-2-3-4-5-6-7-8-9-12-28-13-10-23(26,11-14-28)18-27-22(29)19-15-20(24)17-21(25)16-19/h6-7,15-17H,2-5,8-14,18H2,1H3,(H,27,29)/b7-6+. The van der Waals surface area contributed by atoms with Gasteiger partial charge in [0.05, 0.1) is 6.54 Å². The molecule has 1 aliphatic heterocycles. The fourth-order valence-electron chi connectivity index (χ4n) is 3.56. The van der Waals surface area contributed by atoms with Crippen LogP contribution in [0.5, 0.6) is 0 Å². The zero-order valence-corrected chi connectivity index (χ0v) is 18.9. The van der Waals surface area contributed by atoms with E-state index in [2.05, 4.69) is 29.3 Å². The van der Waals surface area contributed by atoms with Crippen molar-refractivity contribution >= 4 is 29.1 Å². The number of piperidine rings is 1. The lowest BCUT2D eigenvalue weighted by Gasteiger charge is -2.36. The van der Waals surface area contributed by atoms with Crippen LogP contribution in [0.3, 0.4) is 0 Å². The summed E-state index contributed by atoms with van der Waals surface area (Å²) in [6.07, 6.45) is 12.6. The van der Waals surface area contributed by atoms with Crippen LogP contribution in [0.25, 0.3) is 0 Å². The molecule has 3 nitrogen and oxygen atoms in total. The molecule has 0 unspecified atom stereocenters. The first-order valence-electron chi connectivity index (χ1n) is 10.7. The van der Waals surface area contributed by atoms with Crippen molar-refractivity contribution in [3.05, 3.63) is 46.0 Å². The minimum atomic E-state index is -1.35. The molecule has 1 aliphatic rings. The Morgan fingerprint density at radius 2 is 1.72 bits per heavy atom. The minimum Gasteiger partial charge on any atom is -0.349 e. The van der Waals surface area contributed by atoms with Gasteiger partial charge in [0.2, 0.25) is 0 Å². The number of nitrogens with zero attached hydrogens (tertiary/aromatic N) is 1. The second-order valence-electron chi connectivity index (χ2n) is 7.94. The van der Waals surface area contributed by atoms with Crippen LogP contribution in [-0.2, 0) is 0 Å². The summed E-state index contributed by atoms with van der Waals surface area (Å²) >= 11 is 11.9. The van der Waals surface area contributed by atoms with Gasteiger partial charge in [0, 0.05) is 28.7 Å². The average molecular weight is 443 g/mol. The first-order valence-corrected chi connectivity index (χ1v) is 11.5. The monoisotopic (exact) mass is 442 g/mol. The summed E-state index contributed by atoms with van der Waals surface area (Å²) in [6, 6.07) is 4.64. The lowest BCUT2D eigenvalue weighted by atomic mass is 9.93. The summed E-state index contributed by atoms with van der Waals surface area (Å²) in [5, 5.41) is 3.48. The van der Waals surface area contributed by atoms with E-state index in [1.807, 2.05) is 0 Å². The summed E-state index contributed by atoms with van der Waals surface area (Å²) in [7, 11) is 0. The van der Waals surface area contributed by atoms with Crippen LogP contribution in [0, 0.1) is 0 Å². The molecule has 1 saturated heterocycles. The Hall–Kier alpha value is -1.10. The van der Waals surface area contributed by atoms with Gasteiger partial charge in [-0.1, -0.05) is 55.1 Å². The van der Waals surface area contributed by atoms with Crippen LogP contribution in [0.2, 0.25) is 10.0 Å². The summed E-state index contributed by atoms with van der Waals surface area (Å²) in [6.45, 7) is 4.70. The van der Waals surface area contributed by atoms with Gasteiger partial charge >= 0.3 is 0 Å². The van der Waals surface area contributed by atoms with Crippen LogP contribution < -0.4 is 5.32 Å². The second-order valence-corrected chi connectivity index (χ2v) is 8.82. The number of hydrogen-bond donors (Lipinski definition) is 1. The Balaban J connectivity index is 1.65. The van der Waals surface area contributed by atoms with Crippen molar-refractivity contribution in [3.63, 3.8) is 0 Å². The van der Waals surface area contributed by atoms with Gasteiger partial charge in [-0.05, 0) is 63.3 Å². The highest BCUT2D eigenvalue weighted by atomic mass is 35.5. The van der Waals surface area contributed by atoms with E-state index in [4.69, 9.17) is 23.2 Å². The van der Waals surface area contributed by atoms with Gasteiger partial charge in [0.1, 0.15) is 5.67 Å². The van der Waals surface area contributed by atoms with Crippen LogP contribution in [-0.4, -0.2) is 42.7 Å². The Labute approximate surface area is 184 Å². The molecule has 0 bridgehead atoms. The van der Waals surface area contributed by atoms with E-state index in [9.17, 15) is 4.79 Å². The van der Waals surface area contributed by atoms with Crippen molar-refractivity contribution < 1.29 is 9.18 Å². The molecule has 1 amide bonds. The fourth-order valence-corrected chi connectivity index (χ4v) is 4.09. The highest BCUT2D eigenvalue weighted by Crippen LogP contribution is 2.26. The number of carbonyl (C=O) groups excluding carboxylic acids is 1. The van der Waals surface area contributed by atoms with Crippen molar-refractivity contribution in [2.24, 2.45) is 0 Å². The normalized spacial score (nSPS) is 17.0. The quantitative estimate of drug-likeness (QED) is 0.315. The van der Waals surface area contributed by atoms with Crippen molar-refractivity contribution in [2.45, 2.75) is 64.0 Å². The van der Waals surface area contributed by atoms with Gasteiger partial charge < -0.3 is 10.2 Å². The number of likely N-dealkylation sites (tertiary alicyclic amines) is 1. The third-order valence-corrected chi connectivity index (χ3v) is 5.87. The number of halogens is 3. The van der Waals surface area contributed by atoms with Crippen molar-refractivity contribution in [1.29, 1.82) is 0 Å². The number of hydrogen-bond acceptors (Lipinski definition) is 2. The van der Waals surface area contributed by atoms with Gasteiger partial charge in [-0.3, -0.25) is 4.79 Å². The second kappa shape index (κ2) is 12.6. The first kappa shape index (κ1) is 24.2. The van der Waals surface area contributed by atoms with Crippen LogP contribution in [0.4, 0.5) is 4.39 Å². The Bertz CT molecular complexity index is 653. The lowest BCUT2D eigenvalue weighted by Crippen LogP contribution is -2.48. The number of nitrogens with one attached hydrogen (secondary N) is 1. The number of allylic oxidation sites excluding steroid dienone is 2. The molecule has 0 saturated carbocycles. The fraction of sp³-hybridized carbons (Fsp3) is 0.609. The maximum Gasteiger partial charge on any atom is 0.251 e. The largest absolute Gasteiger partial charge is 0.349 e. The summed E-state index contributed by atoms with van der Waals surface area (Å²) < 4.78 is 15.1. The zero-order valence-electron chi connectivity index (χ0n) is 17.4. The Kier molecular flexibility index (Phi) is 10.5. The number of rotatable bonds is 11. The summed E-state index contributed by atoms with van der Waals surface area (Å²) in [4.78, 5) is 14.6. The van der Waals surface area contributed by atoms with Crippen molar-refractivity contribution in [1.82, 2.24) is 10.2 Å². The molecule has 2 rings (SSSR count). The first-order chi connectivity index (χ1) is 13.9. The lowest BCUT2D eigenvalue weighted by molar-refractivity contribution is 0.0542. The van der Waals surface area contributed by atoms with Crippen molar-refractivity contribution in [2.75, 3.05) is 26.2 Å². The molecule has 0 radical (unpaired) electrons. The predicted octanol–water partition coefficient (Wildman–Crippen LogP) is 6.44. The molecule has 6 heteroatoms. The summed E-state index contributed by atoms with van der Waals surface area (Å²) in [5.41, 5.74) is -1.00. The Morgan fingerprint density at radius 1 is 1.10 bits per heavy atom. The smallest absolute Gasteiger partial charge is 0.251 e. The molecule has 162 valence electrons. The summed E-state index contributed by atoms with van der Waals surface area (Å²) in [5.74, 6) is -0.348. The SMILES string of the molecule is CCCCC/C=C/CCCN1CCC(F)(CNC(=O)c2cc(Cl)cc(Cl)c2)CC1. The number of carbonyl (C=O) groups is 1. The number of unbranched alkanes of at least 4 members (excludes halogenated alkanes) is 4. The van der Waals surface area contributed by atoms with Gasteiger partial charge in [0.25, 0.3) is 5.91 Å². The molecule has 29 heavy (non-hydrogen) atoms. The van der Waals surface area contributed by atoms with E-state index in [1.165, 1.54) is 37.8 Å². The number of benzene rings is 1. The minimum absolute atomic E-state index is 0.0182. The molecule has 1 aromatic rings. The van der Waals surface area contributed by atoms with Crippen molar-refractivity contribution in [3.8, 4) is 0 Å². The number of alkyl halides is 1. The van der Waals surface area contributed by atoms with Gasteiger partial charge in [-0.15, -0.1) is 0 Å². The van der Waals surface area contributed by atoms with Gasteiger partial charge in [-0.25, -0.2) is 4.39 Å². The molecule has 0 spiro atoms. The van der Waals surface area contributed by atoms with E-state index in [0.29, 0.717) is 28.5 Å². The van der Waals surface area contributed by atoms with E-state index >= 15 is 4.39 Å². The van der Waals surface area contributed by atoms with Gasteiger partial charge in [-0.2, -0.15) is 0 Å². The molecule has 0 aromatic heterocycles. The van der Waals surface area contributed by atoms with Crippen LogP contribution >= 0.6 is 23.2 Å². The van der Waals surface area contributed by atoms with E-state index in [1.54, 1.807) is 6.07 Å². The van der Waals surface area contributed by atoms with Crippen LogP contribution in [0.15, 0.2) is 30.4 Å². The third kappa shape index (κ3) is 9.06. The molecule has 0 aliphatic carbocycles. The third-order valence-electron chi connectivity index (χ3n) is 5.43. The van der Waals surface area contributed by atoms with E-state index < -0.39 is 5.67 Å². The average Bonchev–Trinajstić information content (AvgIpc) is 2.69. The molecule has 0 atom stereocenters. The van der Waals surface area contributed by atoms with Gasteiger partial charge in [0.15, 0.2) is 0 Å². The van der Waals surface area contributed by atoms with Crippen LogP contribution in [0.1, 0.15) is 68.6 Å². The molecule has 1 aromatic carbocycles. The molecular formula is C23H33Cl2FN2O. The molecule has 1 fully saturated rings. The Morgan fingerprint density at radius 3 is 2.34 bits per heavy atom.